The smallest absolute Gasteiger partial charge is 0.198 e. The van der Waals surface area contributed by atoms with Crippen LogP contribution in [0.3, 0.4) is 0 Å². The molecule has 0 aliphatic rings. The van der Waals surface area contributed by atoms with Crippen molar-refractivity contribution in [1.82, 2.24) is 0 Å². The van der Waals surface area contributed by atoms with E-state index >= 15 is 4.39 Å². The van der Waals surface area contributed by atoms with Crippen LogP contribution in [-0.4, -0.2) is 0 Å². The zero-order chi connectivity index (χ0) is 20.4. The Morgan fingerprint density at radius 1 is 0.828 bits per heavy atom. The molecule has 0 N–H and O–H groups in total. The van der Waals surface area contributed by atoms with Crippen LogP contribution in [0.1, 0.15) is 44.2 Å². The highest BCUT2D eigenvalue weighted by atomic mass is 32.1. The maximum Gasteiger partial charge on any atom is 0.198 e. The molecule has 0 unspecified atom stereocenters. The molecule has 0 saturated heterocycles. The van der Waals surface area contributed by atoms with Gasteiger partial charge >= 0.3 is 0 Å². The van der Waals surface area contributed by atoms with Gasteiger partial charge in [-0.05, 0) is 65.2 Å². The minimum absolute atomic E-state index is 0.272. The molecule has 148 valence electrons. The normalized spacial score (nSPS) is 11.4. The van der Waals surface area contributed by atoms with Crippen molar-refractivity contribution in [2.45, 2.75) is 46.0 Å². The van der Waals surface area contributed by atoms with E-state index in [1.807, 2.05) is 18.2 Å². The van der Waals surface area contributed by atoms with Crippen LogP contribution >= 0.6 is 12.2 Å². The van der Waals surface area contributed by atoms with Crippen LogP contribution in [0.5, 0.6) is 0 Å². The fourth-order valence-corrected chi connectivity index (χ4v) is 4.13. The Bertz CT molecular complexity index is 1220. The highest BCUT2D eigenvalue weighted by Gasteiger charge is 2.14. The molecular weight excluding hydrogens is 379 g/mol. The van der Waals surface area contributed by atoms with Gasteiger partial charge in [0.25, 0.3) is 0 Å². The predicted octanol–water partition coefficient (Wildman–Crippen LogP) is 8.42. The molecule has 1 heterocycles. The molecule has 0 atom stereocenters. The molecule has 0 radical (unpaired) electrons. The monoisotopic (exact) mass is 404 g/mol. The van der Waals surface area contributed by atoms with Gasteiger partial charge in [-0.1, -0.05) is 75.2 Å². The number of fused-ring (bicyclic) bond motifs is 3. The van der Waals surface area contributed by atoms with Crippen molar-refractivity contribution in [3.8, 4) is 11.1 Å². The Labute approximate surface area is 176 Å². The zero-order valence-electron chi connectivity index (χ0n) is 16.9. The Hall–Kier alpha value is -2.52. The lowest BCUT2D eigenvalue weighted by atomic mass is 9.98. The molecule has 1 nitrogen and oxygen atoms in total. The van der Waals surface area contributed by atoms with Crippen molar-refractivity contribution in [2.75, 3.05) is 0 Å². The molecule has 0 amide bonds. The fourth-order valence-electron chi connectivity index (χ4n) is 3.88. The summed E-state index contributed by atoms with van der Waals surface area (Å²) < 4.78 is 21.2. The first-order valence-electron chi connectivity index (χ1n) is 10.4. The van der Waals surface area contributed by atoms with E-state index in [0.717, 1.165) is 59.4 Å². The maximum absolute atomic E-state index is 15.1. The van der Waals surface area contributed by atoms with Crippen molar-refractivity contribution >= 4 is 34.0 Å². The molecule has 0 spiro atoms. The summed E-state index contributed by atoms with van der Waals surface area (Å²) >= 11 is 5.51. The van der Waals surface area contributed by atoms with E-state index in [4.69, 9.17) is 16.6 Å². The van der Waals surface area contributed by atoms with Gasteiger partial charge in [-0.15, -0.1) is 0 Å². The molecule has 4 rings (SSSR count). The van der Waals surface area contributed by atoms with E-state index < -0.39 is 0 Å². The number of aryl methyl sites for hydroxylation is 2. The first kappa shape index (κ1) is 19.8. The van der Waals surface area contributed by atoms with Gasteiger partial charge in [0.2, 0.25) is 0 Å². The summed E-state index contributed by atoms with van der Waals surface area (Å²) in [4.78, 5) is 0. The Kier molecular flexibility index (Phi) is 5.77. The van der Waals surface area contributed by atoms with Crippen LogP contribution in [0.4, 0.5) is 4.39 Å². The SMILES string of the molecule is CCCCCc1ccc2c(oc(=S)c3cc(-c4ccc(CC)cc4)ccc32)c1F. The second-order valence-corrected chi connectivity index (χ2v) is 7.94. The van der Waals surface area contributed by atoms with Crippen LogP contribution in [0.2, 0.25) is 0 Å². The van der Waals surface area contributed by atoms with E-state index in [1.165, 1.54) is 5.56 Å². The summed E-state index contributed by atoms with van der Waals surface area (Å²) in [6.07, 6.45) is 4.94. The van der Waals surface area contributed by atoms with E-state index in [1.54, 1.807) is 0 Å². The van der Waals surface area contributed by atoms with Crippen molar-refractivity contribution in [1.29, 1.82) is 0 Å². The first-order valence-corrected chi connectivity index (χ1v) is 10.8. The second-order valence-electron chi connectivity index (χ2n) is 7.57. The lowest BCUT2D eigenvalue weighted by Crippen LogP contribution is -1.93. The number of benzene rings is 3. The van der Waals surface area contributed by atoms with Gasteiger partial charge in [0.15, 0.2) is 16.1 Å². The van der Waals surface area contributed by atoms with Crippen LogP contribution in [0.15, 0.2) is 59.0 Å². The molecule has 0 saturated carbocycles. The van der Waals surface area contributed by atoms with Crippen molar-refractivity contribution in [3.63, 3.8) is 0 Å². The molecular formula is C26H25FOS. The third-order valence-electron chi connectivity index (χ3n) is 5.65. The molecule has 0 bridgehead atoms. The number of halogens is 1. The van der Waals surface area contributed by atoms with E-state index in [0.29, 0.717) is 10.3 Å². The van der Waals surface area contributed by atoms with Gasteiger partial charge < -0.3 is 4.42 Å². The molecule has 3 aromatic carbocycles. The lowest BCUT2D eigenvalue weighted by molar-refractivity contribution is 0.536. The molecule has 0 aliphatic heterocycles. The average Bonchev–Trinajstić information content (AvgIpc) is 2.76. The van der Waals surface area contributed by atoms with Gasteiger partial charge in [-0.3, -0.25) is 0 Å². The number of rotatable bonds is 6. The van der Waals surface area contributed by atoms with Crippen molar-refractivity contribution < 1.29 is 8.81 Å². The van der Waals surface area contributed by atoms with E-state index in [-0.39, 0.29) is 11.4 Å². The van der Waals surface area contributed by atoms with Gasteiger partial charge in [-0.25, -0.2) is 4.39 Å². The summed E-state index contributed by atoms with van der Waals surface area (Å²) in [6.45, 7) is 4.30. The van der Waals surface area contributed by atoms with Crippen LogP contribution in [0, 0.1) is 10.5 Å². The standard InChI is InChI=1S/C26H25FOS/c1-3-5-6-7-19-12-15-22-21-14-13-20(18-10-8-17(4-2)9-11-18)16-23(21)26(29)28-25(22)24(19)27/h8-16H,3-7H2,1-2H3. The summed E-state index contributed by atoms with van der Waals surface area (Å²) in [5.41, 5.74) is 4.51. The van der Waals surface area contributed by atoms with Gasteiger partial charge in [0.05, 0.1) is 0 Å². The number of unbranched alkanes of at least 4 members (excludes halogenated alkanes) is 2. The van der Waals surface area contributed by atoms with Crippen molar-refractivity contribution in [3.05, 3.63) is 76.2 Å². The van der Waals surface area contributed by atoms with Crippen LogP contribution in [-0.2, 0) is 12.8 Å². The van der Waals surface area contributed by atoms with Crippen LogP contribution < -0.4 is 0 Å². The maximum atomic E-state index is 15.1. The lowest BCUT2D eigenvalue weighted by Gasteiger charge is -2.10. The summed E-state index contributed by atoms with van der Waals surface area (Å²) in [5.74, 6) is -0.272. The highest BCUT2D eigenvalue weighted by Crippen LogP contribution is 2.33. The third kappa shape index (κ3) is 3.84. The van der Waals surface area contributed by atoms with Gasteiger partial charge in [0, 0.05) is 10.8 Å². The Balaban J connectivity index is 1.81. The van der Waals surface area contributed by atoms with E-state index in [9.17, 15) is 0 Å². The summed E-state index contributed by atoms with van der Waals surface area (Å²) in [7, 11) is 0. The Morgan fingerprint density at radius 2 is 1.55 bits per heavy atom. The molecule has 3 heteroatoms. The molecule has 4 aromatic rings. The van der Waals surface area contributed by atoms with Crippen LogP contribution in [0.25, 0.3) is 32.9 Å². The highest BCUT2D eigenvalue weighted by molar-refractivity contribution is 7.71. The van der Waals surface area contributed by atoms with E-state index in [2.05, 4.69) is 50.2 Å². The molecule has 0 aliphatic carbocycles. The largest absolute Gasteiger partial charge is 0.441 e. The number of hydrogen-bond acceptors (Lipinski definition) is 2. The van der Waals surface area contributed by atoms with Gasteiger partial charge in [-0.2, -0.15) is 0 Å². The minimum atomic E-state index is -0.272. The molecule has 1 aromatic heterocycles. The zero-order valence-corrected chi connectivity index (χ0v) is 17.7. The molecule has 29 heavy (non-hydrogen) atoms. The van der Waals surface area contributed by atoms with Crippen molar-refractivity contribution in [2.24, 2.45) is 0 Å². The minimum Gasteiger partial charge on any atom is -0.441 e. The fraction of sp³-hybridized carbons (Fsp3) is 0.269. The first-order chi connectivity index (χ1) is 14.1. The average molecular weight is 405 g/mol. The summed E-state index contributed by atoms with van der Waals surface area (Å²) in [5, 5.41) is 2.56. The summed E-state index contributed by atoms with van der Waals surface area (Å²) in [6, 6.07) is 18.6. The number of hydrogen-bond donors (Lipinski definition) is 0. The topological polar surface area (TPSA) is 13.1 Å². The Morgan fingerprint density at radius 3 is 2.28 bits per heavy atom. The predicted molar refractivity (Wildman–Crippen MR) is 123 cm³/mol. The quantitative estimate of drug-likeness (QED) is 0.182. The second kappa shape index (κ2) is 8.46. The third-order valence-corrected chi connectivity index (χ3v) is 5.95. The van der Waals surface area contributed by atoms with Gasteiger partial charge in [0.1, 0.15) is 0 Å². The molecule has 0 fully saturated rings.